The minimum absolute atomic E-state index is 0.505. The summed E-state index contributed by atoms with van der Waals surface area (Å²) in [5, 5.41) is 26.3. The first-order valence-corrected chi connectivity index (χ1v) is 3.38. The van der Waals surface area contributed by atoms with Crippen LogP contribution in [0.2, 0.25) is 0 Å². The summed E-state index contributed by atoms with van der Waals surface area (Å²) < 4.78 is 17.0. The maximum Gasteiger partial charge on any atom is 0.335 e. The van der Waals surface area contributed by atoms with Crippen molar-refractivity contribution in [3.8, 4) is 0 Å². The second-order valence-electron chi connectivity index (χ2n) is 2.59. The molecule has 1 aliphatic heterocycles. The number of aliphatic hydroxyl groups excluding tert-OH is 2. The van der Waals surface area contributed by atoms with E-state index in [9.17, 15) is 9.18 Å². The van der Waals surface area contributed by atoms with Gasteiger partial charge in [-0.3, -0.25) is 0 Å². The first kappa shape index (κ1) is 9.37. The SMILES string of the molecule is O=C(O)C1OCC(F)C(O)C1O. The summed E-state index contributed by atoms with van der Waals surface area (Å²) in [5.41, 5.74) is 0. The summed E-state index contributed by atoms with van der Waals surface area (Å²) in [6, 6.07) is 0. The van der Waals surface area contributed by atoms with Gasteiger partial charge < -0.3 is 20.1 Å². The molecule has 0 saturated carbocycles. The molecule has 4 atom stereocenters. The zero-order chi connectivity index (χ0) is 9.30. The van der Waals surface area contributed by atoms with Gasteiger partial charge in [0.1, 0.15) is 12.2 Å². The molecule has 3 N–H and O–H groups in total. The van der Waals surface area contributed by atoms with E-state index < -0.39 is 37.1 Å². The third-order valence-electron chi connectivity index (χ3n) is 1.71. The van der Waals surface area contributed by atoms with Crippen LogP contribution in [-0.2, 0) is 9.53 Å². The first-order chi connectivity index (χ1) is 5.54. The standard InChI is InChI=1S/C6H9FO5/c7-2-1-12-5(6(10)11)4(9)3(2)8/h2-5,8-9H,1H2,(H,10,11). The zero-order valence-electron chi connectivity index (χ0n) is 6.05. The van der Waals surface area contributed by atoms with E-state index in [-0.39, 0.29) is 0 Å². The molecular weight excluding hydrogens is 171 g/mol. The third kappa shape index (κ3) is 1.55. The lowest BCUT2D eigenvalue weighted by atomic mass is 10.0. The molecule has 0 aromatic carbocycles. The Morgan fingerprint density at radius 1 is 1.42 bits per heavy atom. The average molecular weight is 180 g/mol. The number of ether oxygens (including phenoxy) is 1. The summed E-state index contributed by atoms with van der Waals surface area (Å²) >= 11 is 0. The fourth-order valence-corrected chi connectivity index (χ4v) is 1.00. The number of carbonyl (C=O) groups is 1. The predicted molar refractivity (Wildman–Crippen MR) is 34.3 cm³/mol. The van der Waals surface area contributed by atoms with E-state index in [1.165, 1.54) is 0 Å². The van der Waals surface area contributed by atoms with Crippen LogP contribution in [0.1, 0.15) is 0 Å². The van der Waals surface area contributed by atoms with Gasteiger partial charge in [0, 0.05) is 0 Å². The Labute approximate surface area is 67.4 Å². The highest BCUT2D eigenvalue weighted by atomic mass is 19.1. The van der Waals surface area contributed by atoms with Gasteiger partial charge >= 0.3 is 5.97 Å². The number of carboxylic acids is 1. The van der Waals surface area contributed by atoms with Crippen molar-refractivity contribution in [2.24, 2.45) is 0 Å². The minimum atomic E-state index is -1.73. The van der Waals surface area contributed by atoms with E-state index in [4.69, 9.17) is 15.3 Å². The third-order valence-corrected chi connectivity index (χ3v) is 1.71. The molecule has 0 bridgehead atoms. The molecule has 1 rings (SSSR count). The normalized spacial score (nSPS) is 42.6. The van der Waals surface area contributed by atoms with E-state index >= 15 is 0 Å². The topological polar surface area (TPSA) is 87.0 Å². The predicted octanol–water partition coefficient (Wildman–Crippen LogP) is -1.47. The molecular formula is C6H9FO5. The highest BCUT2D eigenvalue weighted by Crippen LogP contribution is 2.17. The van der Waals surface area contributed by atoms with Crippen LogP contribution in [-0.4, -0.2) is 52.4 Å². The maximum atomic E-state index is 12.5. The van der Waals surface area contributed by atoms with Gasteiger partial charge in [0.25, 0.3) is 0 Å². The molecule has 1 heterocycles. The number of rotatable bonds is 1. The number of halogens is 1. The van der Waals surface area contributed by atoms with Gasteiger partial charge in [0.05, 0.1) is 6.61 Å². The summed E-state index contributed by atoms with van der Waals surface area (Å²) in [7, 11) is 0. The van der Waals surface area contributed by atoms with Crippen LogP contribution in [0.15, 0.2) is 0 Å². The first-order valence-electron chi connectivity index (χ1n) is 3.38. The van der Waals surface area contributed by atoms with Gasteiger partial charge in [-0.2, -0.15) is 0 Å². The largest absolute Gasteiger partial charge is 0.479 e. The quantitative estimate of drug-likeness (QED) is 0.458. The van der Waals surface area contributed by atoms with Gasteiger partial charge in [0.15, 0.2) is 12.3 Å². The van der Waals surface area contributed by atoms with Crippen LogP contribution >= 0.6 is 0 Å². The molecule has 1 aliphatic rings. The Balaban J connectivity index is 2.65. The summed E-state index contributed by atoms with van der Waals surface area (Å²) in [4.78, 5) is 10.3. The van der Waals surface area contributed by atoms with E-state index in [0.29, 0.717) is 0 Å². The molecule has 12 heavy (non-hydrogen) atoms. The Kier molecular flexibility index (Phi) is 2.61. The Bertz CT molecular complexity index is 185. The van der Waals surface area contributed by atoms with E-state index in [1.807, 2.05) is 0 Å². The van der Waals surface area contributed by atoms with E-state index in [0.717, 1.165) is 0 Å². The van der Waals surface area contributed by atoms with Gasteiger partial charge in [-0.1, -0.05) is 0 Å². The van der Waals surface area contributed by atoms with Crippen molar-refractivity contribution in [3.63, 3.8) is 0 Å². The number of aliphatic hydroxyl groups is 2. The monoisotopic (exact) mass is 180 g/mol. The smallest absolute Gasteiger partial charge is 0.335 e. The fourth-order valence-electron chi connectivity index (χ4n) is 1.00. The second-order valence-corrected chi connectivity index (χ2v) is 2.59. The van der Waals surface area contributed by atoms with Gasteiger partial charge in [-0.25, -0.2) is 9.18 Å². The molecule has 0 amide bonds. The molecule has 4 unspecified atom stereocenters. The molecule has 1 saturated heterocycles. The van der Waals surface area contributed by atoms with Crippen molar-refractivity contribution in [2.45, 2.75) is 24.5 Å². The van der Waals surface area contributed by atoms with Gasteiger partial charge in [0.2, 0.25) is 0 Å². The zero-order valence-corrected chi connectivity index (χ0v) is 6.05. The molecule has 0 aliphatic carbocycles. The van der Waals surface area contributed by atoms with Crippen molar-refractivity contribution >= 4 is 5.97 Å². The Hall–Kier alpha value is -0.720. The fraction of sp³-hybridized carbons (Fsp3) is 0.833. The van der Waals surface area contributed by atoms with Crippen LogP contribution in [0.5, 0.6) is 0 Å². The average Bonchev–Trinajstić information content (AvgIpc) is 2.00. The molecule has 0 aromatic rings. The van der Waals surface area contributed by atoms with Crippen LogP contribution < -0.4 is 0 Å². The van der Waals surface area contributed by atoms with Crippen LogP contribution in [0.4, 0.5) is 4.39 Å². The molecule has 6 heteroatoms. The minimum Gasteiger partial charge on any atom is -0.479 e. The Morgan fingerprint density at radius 2 is 2.00 bits per heavy atom. The highest BCUT2D eigenvalue weighted by Gasteiger charge is 2.42. The van der Waals surface area contributed by atoms with Crippen molar-refractivity contribution in [1.29, 1.82) is 0 Å². The van der Waals surface area contributed by atoms with Crippen LogP contribution in [0, 0.1) is 0 Å². The second kappa shape index (κ2) is 3.34. The van der Waals surface area contributed by atoms with Crippen molar-refractivity contribution in [3.05, 3.63) is 0 Å². The van der Waals surface area contributed by atoms with Crippen molar-refractivity contribution in [1.82, 2.24) is 0 Å². The van der Waals surface area contributed by atoms with Crippen LogP contribution in [0.3, 0.4) is 0 Å². The molecule has 0 aromatic heterocycles. The number of aliphatic carboxylic acids is 1. The summed E-state index contributed by atoms with van der Waals surface area (Å²) in [5.74, 6) is -1.41. The number of carboxylic acid groups (broad SMARTS) is 1. The van der Waals surface area contributed by atoms with E-state index in [2.05, 4.69) is 4.74 Å². The molecule has 0 spiro atoms. The van der Waals surface area contributed by atoms with Gasteiger partial charge in [-0.15, -0.1) is 0 Å². The highest BCUT2D eigenvalue weighted by molar-refractivity contribution is 5.73. The lowest BCUT2D eigenvalue weighted by Gasteiger charge is -2.31. The lowest BCUT2D eigenvalue weighted by Crippen LogP contribution is -2.54. The number of hydrogen-bond acceptors (Lipinski definition) is 4. The van der Waals surface area contributed by atoms with Gasteiger partial charge in [-0.05, 0) is 0 Å². The van der Waals surface area contributed by atoms with Crippen molar-refractivity contribution in [2.75, 3.05) is 6.61 Å². The molecule has 5 nitrogen and oxygen atoms in total. The Morgan fingerprint density at radius 3 is 2.50 bits per heavy atom. The van der Waals surface area contributed by atoms with Crippen molar-refractivity contribution < 1.29 is 29.2 Å². The summed E-state index contributed by atoms with van der Waals surface area (Å²) in [6.45, 7) is -0.505. The molecule has 70 valence electrons. The maximum absolute atomic E-state index is 12.5. The number of hydrogen-bond donors (Lipinski definition) is 3. The lowest BCUT2D eigenvalue weighted by molar-refractivity contribution is -0.191. The summed E-state index contributed by atoms with van der Waals surface area (Å²) in [6.07, 6.45) is -6.64. The van der Waals surface area contributed by atoms with Crippen LogP contribution in [0.25, 0.3) is 0 Å². The molecule has 1 fully saturated rings. The van der Waals surface area contributed by atoms with E-state index in [1.54, 1.807) is 0 Å². The molecule has 0 radical (unpaired) electrons. The number of alkyl halides is 1.